The van der Waals surface area contributed by atoms with Gasteiger partial charge in [0.1, 0.15) is 0 Å². The number of halogens is 1. The van der Waals surface area contributed by atoms with Gasteiger partial charge in [-0.15, -0.1) is 11.8 Å². The highest BCUT2D eigenvalue weighted by Crippen LogP contribution is 2.27. The van der Waals surface area contributed by atoms with Gasteiger partial charge in [0.25, 0.3) is 0 Å². The minimum atomic E-state index is -0.822. The fraction of sp³-hybridized carbons (Fsp3) is 0.533. The Morgan fingerprint density at radius 3 is 2.76 bits per heavy atom. The summed E-state index contributed by atoms with van der Waals surface area (Å²) in [4.78, 5) is 14.6. The molecule has 21 heavy (non-hydrogen) atoms. The first-order chi connectivity index (χ1) is 10.0. The summed E-state index contributed by atoms with van der Waals surface area (Å²) in [5.74, 6) is 0.298. The second-order valence-electron chi connectivity index (χ2n) is 5.31. The molecule has 0 spiro atoms. The van der Waals surface area contributed by atoms with Gasteiger partial charge in [0, 0.05) is 44.5 Å². The third-order valence-electron chi connectivity index (χ3n) is 3.57. The van der Waals surface area contributed by atoms with Crippen molar-refractivity contribution in [3.63, 3.8) is 0 Å². The second kappa shape index (κ2) is 7.49. The van der Waals surface area contributed by atoms with Gasteiger partial charge in [0.15, 0.2) is 0 Å². The van der Waals surface area contributed by atoms with Crippen LogP contribution >= 0.6 is 23.4 Å². The average molecular weight is 330 g/mol. The molecule has 1 aliphatic heterocycles. The highest BCUT2D eigenvalue weighted by atomic mass is 35.5. The summed E-state index contributed by atoms with van der Waals surface area (Å²) >= 11 is 7.48. The normalized spacial score (nSPS) is 17.5. The van der Waals surface area contributed by atoms with Gasteiger partial charge < -0.3 is 14.7 Å². The number of nitrogens with zero attached hydrogens (tertiary/aromatic N) is 1. The molecule has 0 bridgehead atoms. The summed E-state index contributed by atoms with van der Waals surface area (Å²) in [6.07, 6.45) is 1.14. The van der Waals surface area contributed by atoms with Crippen LogP contribution in [0.3, 0.4) is 0 Å². The Hall–Kier alpha value is -0.750. The van der Waals surface area contributed by atoms with E-state index < -0.39 is 5.60 Å². The second-order valence-corrected chi connectivity index (χ2v) is 6.73. The van der Waals surface area contributed by atoms with Crippen LogP contribution in [0, 0.1) is 0 Å². The third kappa shape index (κ3) is 4.88. The Morgan fingerprint density at radius 1 is 1.43 bits per heavy atom. The van der Waals surface area contributed by atoms with E-state index in [0.717, 1.165) is 4.90 Å². The van der Waals surface area contributed by atoms with E-state index in [0.29, 0.717) is 43.4 Å². The van der Waals surface area contributed by atoms with Crippen molar-refractivity contribution in [3.05, 3.63) is 29.3 Å². The predicted octanol–water partition coefficient (Wildman–Crippen LogP) is 2.43. The largest absolute Gasteiger partial charge is 0.388 e. The lowest BCUT2D eigenvalue weighted by atomic mass is 9.94. The maximum Gasteiger partial charge on any atom is 0.232 e. The highest BCUT2D eigenvalue weighted by molar-refractivity contribution is 8.00. The molecule has 1 aliphatic rings. The molecule has 4 nitrogen and oxygen atoms in total. The summed E-state index contributed by atoms with van der Waals surface area (Å²) < 4.78 is 5.24. The molecule has 0 atom stereocenters. The van der Waals surface area contributed by atoms with Crippen molar-refractivity contribution in [1.82, 2.24) is 4.90 Å². The highest BCUT2D eigenvalue weighted by Gasteiger charge is 2.32. The van der Waals surface area contributed by atoms with Gasteiger partial charge in [0.2, 0.25) is 5.91 Å². The lowest BCUT2D eigenvalue weighted by molar-refractivity contribution is -0.134. The summed E-state index contributed by atoms with van der Waals surface area (Å²) in [5, 5.41) is 11.1. The summed E-state index contributed by atoms with van der Waals surface area (Å²) in [6.45, 7) is 1.44. The molecule has 1 saturated heterocycles. The van der Waals surface area contributed by atoms with E-state index in [1.165, 1.54) is 11.8 Å². The number of carbonyl (C=O) groups excluding carboxylic acids is 1. The number of amides is 1. The zero-order valence-corrected chi connectivity index (χ0v) is 13.6. The van der Waals surface area contributed by atoms with E-state index in [1.54, 1.807) is 11.9 Å². The molecule has 1 fully saturated rings. The molecule has 1 aromatic rings. The Bertz CT molecular complexity index is 492. The molecule has 1 aromatic carbocycles. The fourth-order valence-electron chi connectivity index (χ4n) is 2.25. The van der Waals surface area contributed by atoms with Crippen LogP contribution in [0.25, 0.3) is 0 Å². The van der Waals surface area contributed by atoms with Gasteiger partial charge in [0.05, 0.1) is 16.4 Å². The van der Waals surface area contributed by atoms with Crippen molar-refractivity contribution in [2.45, 2.75) is 23.3 Å². The molecule has 0 unspecified atom stereocenters. The molecular weight excluding hydrogens is 310 g/mol. The van der Waals surface area contributed by atoms with E-state index in [4.69, 9.17) is 16.3 Å². The summed E-state index contributed by atoms with van der Waals surface area (Å²) in [6, 6.07) is 7.46. The first-order valence-electron chi connectivity index (χ1n) is 6.92. The van der Waals surface area contributed by atoms with Crippen molar-refractivity contribution in [2.24, 2.45) is 0 Å². The minimum absolute atomic E-state index is 0.0140. The van der Waals surface area contributed by atoms with E-state index in [-0.39, 0.29) is 5.91 Å². The SMILES string of the molecule is CN(CC1(O)CCOCC1)C(=O)CSc1ccccc1Cl. The molecule has 0 aromatic heterocycles. The zero-order chi connectivity index (χ0) is 15.3. The average Bonchev–Trinajstić information content (AvgIpc) is 2.46. The smallest absolute Gasteiger partial charge is 0.232 e. The molecule has 1 heterocycles. The standard InChI is InChI=1S/C15H20ClNO3S/c1-17(11-15(19)6-8-20-9-7-15)14(18)10-21-13-5-3-2-4-12(13)16/h2-5,19H,6-11H2,1H3. The van der Waals surface area contributed by atoms with Crippen molar-refractivity contribution < 1.29 is 14.6 Å². The maximum absolute atomic E-state index is 12.2. The van der Waals surface area contributed by atoms with Crippen LogP contribution in [0.2, 0.25) is 5.02 Å². The summed E-state index contributed by atoms with van der Waals surface area (Å²) in [7, 11) is 1.73. The number of hydrogen-bond donors (Lipinski definition) is 1. The van der Waals surface area contributed by atoms with Crippen molar-refractivity contribution >= 4 is 29.3 Å². The van der Waals surface area contributed by atoms with Gasteiger partial charge in [-0.05, 0) is 12.1 Å². The van der Waals surface area contributed by atoms with Gasteiger partial charge in [-0.2, -0.15) is 0 Å². The molecule has 6 heteroatoms. The van der Waals surface area contributed by atoms with E-state index in [9.17, 15) is 9.90 Å². The van der Waals surface area contributed by atoms with Crippen LogP contribution in [0.1, 0.15) is 12.8 Å². The molecule has 116 valence electrons. The Kier molecular flexibility index (Phi) is 5.93. The lowest BCUT2D eigenvalue weighted by Crippen LogP contribution is -2.47. The first-order valence-corrected chi connectivity index (χ1v) is 8.28. The Morgan fingerprint density at radius 2 is 2.10 bits per heavy atom. The van der Waals surface area contributed by atoms with Crippen LogP contribution in [-0.4, -0.2) is 54.1 Å². The molecule has 0 saturated carbocycles. The zero-order valence-electron chi connectivity index (χ0n) is 12.0. The van der Waals surface area contributed by atoms with Crippen LogP contribution < -0.4 is 0 Å². The topological polar surface area (TPSA) is 49.8 Å². The maximum atomic E-state index is 12.2. The fourth-order valence-corrected chi connectivity index (χ4v) is 3.43. The first kappa shape index (κ1) is 16.6. The van der Waals surface area contributed by atoms with Crippen LogP contribution in [-0.2, 0) is 9.53 Å². The van der Waals surface area contributed by atoms with Crippen LogP contribution in [0.15, 0.2) is 29.2 Å². The number of thioether (sulfide) groups is 1. The number of rotatable bonds is 5. The number of ether oxygens (including phenoxy) is 1. The van der Waals surface area contributed by atoms with Crippen molar-refractivity contribution in [1.29, 1.82) is 0 Å². The summed E-state index contributed by atoms with van der Waals surface area (Å²) in [5.41, 5.74) is -0.822. The third-order valence-corrected chi connectivity index (χ3v) is 5.07. The molecule has 1 N–H and O–H groups in total. The quantitative estimate of drug-likeness (QED) is 0.843. The van der Waals surface area contributed by atoms with E-state index in [1.807, 2.05) is 24.3 Å². The monoisotopic (exact) mass is 329 g/mol. The Labute approximate surface area is 134 Å². The number of likely N-dealkylation sites (N-methyl/N-ethyl adjacent to an activating group) is 1. The van der Waals surface area contributed by atoms with Crippen molar-refractivity contribution in [2.75, 3.05) is 32.6 Å². The Balaban J connectivity index is 1.84. The van der Waals surface area contributed by atoms with E-state index >= 15 is 0 Å². The molecular formula is C15H20ClNO3S. The van der Waals surface area contributed by atoms with Gasteiger partial charge >= 0.3 is 0 Å². The van der Waals surface area contributed by atoms with Gasteiger partial charge in [-0.25, -0.2) is 0 Å². The lowest BCUT2D eigenvalue weighted by Gasteiger charge is -2.35. The van der Waals surface area contributed by atoms with Crippen LogP contribution in [0.5, 0.6) is 0 Å². The predicted molar refractivity (Wildman–Crippen MR) is 84.8 cm³/mol. The number of hydrogen-bond acceptors (Lipinski definition) is 4. The molecule has 1 amide bonds. The molecule has 2 rings (SSSR count). The number of carbonyl (C=O) groups is 1. The minimum Gasteiger partial charge on any atom is -0.388 e. The molecule has 0 aliphatic carbocycles. The number of benzene rings is 1. The number of aliphatic hydroxyl groups is 1. The van der Waals surface area contributed by atoms with Gasteiger partial charge in [-0.1, -0.05) is 23.7 Å². The van der Waals surface area contributed by atoms with Gasteiger partial charge in [-0.3, -0.25) is 4.79 Å². The van der Waals surface area contributed by atoms with Crippen molar-refractivity contribution in [3.8, 4) is 0 Å². The van der Waals surface area contributed by atoms with Crippen LogP contribution in [0.4, 0.5) is 0 Å². The molecule has 0 radical (unpaired) electrons. The van der Waals surface area contributed by atoms with E-state index in [2.05, 4.69) is 0 Å².